The second-order valence-electron chi connectivity index (χ2n) is 4.13. The zero-order valence-electron chi connectivity index (χ0n) is 11.4. The van der Waals surface area contributed by atoms with Crippen molar-refractivity contribution in [2.75, 3.05) is 30.9 Å². The van der Waals surface area contributed by atoms with Crippen molar-refractivity contribution >= 4 is 22.2 Å². The summed E-state index contributed by atoms with van der Waals surface area (Å²) in [6.45, 7) is 3.67. The molecule has 0 aliphatic carbocycles. The first-order valence-electron chi connectivity index (χ1n) is 6.15. The number of methoxy groups -OCH3 is 1. The fourth-order valence-electron chi connectivity index (χ4n) is 1.76. The Morgan fingerprint density at radius 2 is 2.05 bits per heavy atom. The van der Waals surface area contributed by atoms with Crippen LogP contribution in [0.4, 0.5) is 10.7 Å². The second-order valence-corrected chi connectivity index (χ2v) is 4.89. The summed E-state index contributed by atoms with van der Waals surface area (Å²) >= 11 is 1.40. The molecule has 5 nitrogen and oxygen atoms in total. The highest BCUT2D eigenvalue weighted by molar-refractivity contribution is 7.10. The molecule has 0 atom stereocenters. The molecule has 0 aliphatic heterocycles. The molecule has 0 spiro atoms. The zero-order chi connectivity index (χ0) is 13.7. The van der Waals surface area contributed by atoms with Gasteiger partial charge in [0, 0.05) is 30.8 Å². The van der Waals surface area contributed by atoms with E-state index >= 15 is 0 Å². The Morgan fingerprint density at radius 1 is 1.32 bits per heavy atom. The second kappa shape index (κ2) is 6.38. The summed E-state index contributed by atoms with van der Waals surface area (Å²) < 4.78 is 9.15. The molecule has 1 aromatic heterocycles. The first kappa shape index (κ1) is 13.6. The van der Waals surface area contributed by atoms with Gasteiger partial charge in [0.15, 0.2) is 0 Å². The largest absolute Gasteiger partial charge is 0.497 e. The van der Waals surface area contributed by atoms with Crippen LogP contribution in [0.2, 0.25) is 0 Å². The standard InChI is InChI=1S/C13H18N4OS/c1-4-14-13-12(15-16-19-13)9-17(2)10-5-7-11(18-3)8-6-10/h5-8,14H,4,9H2,1-3H3. The molecule has 1 aromatic carbocycles. The topological polar surface area (TPSA) is 50.3 Å². The normalized spacial score (nSPS) is 10.3. The van der Waals surface area contributed by atoms with Crippen LogP contribution in [0.15, 0.2) is 24.3 Å². The van der Waals surface area contributed by atoms with Crippen molar-refractivity contribution in [1.82, 2.24) is 9.59 Å². The minimum atomic E-state index is 0.727. The molecule has 0 radical (unpaired) electrons. The van der Waals surface area contributed by atoms with E-state index in [2.05, 4.69) is 26.7 Å². The Kier molecular flexibility index (Phi) is 4.57. The first-order valence-corrected chi connectivity index (χ1v) is 6.92. The highest BCUT2D eigenvalue weighted by atomic mass is 32.1. The molecule has 0 aliphatic rings. The van der Waals surface area contributed by atoms with Crippen LogP contribution in [0.25, 0.3) is 0 Å². The van der Waals surface area contributed by atoms with E-state index in [9.17, 15) is 0 Å². The van der Waals surface area contributed by atoms with Crippen molar-refractivity contribution in [2.24, 2.45) is 0 Å². The summed E-state index contributed by atoms with van der Waals surface area (Å²) in [5.41, 5.74) is 2.10. The maximum Gasteiger partial charge on any atom is 0.135 e. The van der Waals surface area contributed by atoms with Crippen LogP contribution in [0.3, 0.4) is 0 Å². The Balaban J connectivity index is 2.06. The van der Waals surface area contributed by atoms with E-state index in [1.54, 1.807) is 7.11 Å². The number of hydrogen-bond acceptors (Lipinski definition) is 6. The molecule has 0 saturated heterocycles. The van der Waals surface area contributed by atoms with Crippen LogP contribution >= 0.6 is 11.5 Å². The van der Waals surface area contributed by atoms with E-state index < -0.39 is 0 Å². The van der Waals surface area contributed by atoms with Gasteiger partial charge in [-0.05, 0) is 31.2 Å². The van der Waals surface area contributed by atoms with E-state index in [0.717, 1.165) is 35.2 Å². The number of anilines is 2. The SMILES string of the molecule is CCNc1snnc1CN(C)c1ccc(OC)cc1. The van der Waals surface area contributed by atoms with Crippen molar-refractivity contribution < 1.29 is 4.74 Å². The third-order valence-electron chi connectivity index (χ3n) is 2.79. The molecule has 2 rings (SSSR count). The average molecular weight is 278 g/mol. The van der Waals surface area contributed by atoms with E-state index in [1.807, 2.05) is 31.3 Å². The highest BCUT2D eigenvalue weighted by Crippen LogP contribution is 2.23. The third kappa shape index (κ3) is 3.35. The molecule has 0 amide bonds. The van der Waals surface area contributed by atoms with E-state index in [-0.39, 0.29) is 0 Å². The fourth-order valence-corrected chi connectivity index (χ4v) is 2.40. The van der Waals surface area contributed by atoms with Gasteiger partial charge in [-0.1, -0.05) is 4.49 Å². The lowest BCUT2D eigenvalue weighted by Crippen LogP contribution is -2.17. The minimum Gasteiger partial charge on any atom is -0.497 e. The van der Waals surface area contributed by atoms with Gasteiger partial charge in [-0.3, -0.25) is 0 Å². The summed E-state index contributed by atoms with van der Waals surface area (Å²) in [5.74, 6) is 0.862. The van der Waals surface area contributed by atoms with E-state index in [4.69, 9.17) is 4.74 Å². The van der Waals surface area contributed by atoms with Crippen LogP contribution in [0.1, 0.15) is 12.6 Å². The predicted molar refractivity (Wildman–Crippen MR) is 79.2 cm³/mol. The van der Waals surface area contributed by atoms with Gasteiger partial charge in [-0.2, -0.15) is 0 Å². The lowest BCUT2D eigenvalue weighted by molar-refractivity contribution is 0.415. The van der Waals surface area contributed by atoms with Gasteiger partial charge < -0.3 is 15.0 Å². The molecule has 6 heteroatoms. The van der Waals surface area contributed by atoms with Gasteiger partial charge in [-0.15, -0.1) is 5.10 Å². The van der Waals surface area contributed by atoms with Crippen molar-refractivity contribution in [1.29, 1.82) is 0 Å². The number of benzene rings is 1. The monoisotopic (exact) mass is 278 g/mol. The van der Waals surface area contributed by atoms with Gasteiger partial charge in [0.1, 0.15) is 16.4 Å². The molecule has 0 unspecified atom stereocenters. The minimum absolute atomic E-state index is 0.727. The average Bonchev–Trinajstić information content (AvgIpc) is 2.86. The van der Waals surface area contributed by atoms with Crippen LogP contribution in [-0.4, -0.2) is 30.3 Å². The molecule has 0 saturated carbocycles. The van der Waals surface area contributed by atoms with Gasteiger partial charge in [0.05, 0.1) is 13.7 Å². The van der Waals surface area contributed by atoms with Gasteiger partial charge >= 0.3 is 0 Å². The Hall–Kier alpha value is -1.82. The quantitative estimate of drug-likeness (QED) is 0.880. The Labute approximate surface area is 117 Å². The van der Waals surface area contributed by atoms with Gasteiger partial charge in [0.25, 0.3) is 0 Å². The van der Waals surface area contributed by atoms with Crippen molar-refractivity contribution in [2.45, 2.75) is 13.5 Å². The number of nitrogens with zero attached hydrogens (tertiary/aromatic N) is 3. The number of aromatic nitrogens is 2. The molecular weight excluding hydrogens is 260 g/mol. The molecule has 2 aromatic rings. The predicted octanol–water partition coefficient (Wildman–Crippen LogP) is 2.61. The number of rotatable bonds is 6. The summed E-state index contributed by atoms with van der Waals surface area (Å²) in [7, 11) is 3.71. The number of nitrogens with one attached hydrogen (secondary N) is 1. The third-order valence-corrected chi connectivity index (χ3v) is 3.52. The van der Waals surface area contributed by atoms with E-state index in [1.165, 1.54) is 11.5 Å². The Morgan fingerprint density at radius 3 is 2.68 bits per heavy atom. The van der Waals surface area contributed by atoms with Crippen molar-refractivity contribution in [3.63, 3.8) is 0 Å². The van der Waals surface area contributed by atoms with Crippen LogP contribution in [0, 0.1) is 0 Å². The maximum atomic E-state index is 5.16. The molecule has 1 heterocycles. The highest BCUT2D eigenvalue weighted by Gasteiger charge is 2.10. The van der Waals surface area contributed by atoms with Crippen molar-refractivity contribution in [3.05, 3.63) is 30.0 Å². The summed E-state index contributed by atoms with van der Waals surface area (Å²) in [6, 6.07) is 7.98. The van der Waals surface area contributed by atoms with Crippen molar-refractivity contribution in [3.8, 4) is 5.75 Å². The summed E-state index contributed by atoms with van der Waals surface area (Å²) in [4.78, 5) is 2.14. The van der Waals surface area contributed by atoms with Crippen LogP contribution < -0.4 is 15.0 Å². The number of ether oxygens (including phenoxy) is 1. The lowest BCUT2D eigenvalue weighted by Gasteiger charge is -2.18. The Bertz CT molecular complexity index is 512. The van der Waals surface area contributed by atoms with Crippen LogP contribution in [0.5, 0.6) is 5.75 Å². The molecular formula is C13H18N4OS. The first-order chi connectivity index (χ1) is 9.24. The molecule has 102 valence electrons. The summed E-state index contributed by atoms with van der Waals surface area (Å²) in [5, 5.41) is 8.50. The molecule has 0 fully saturated rings. The fraction of sp³-hybridized carbons (Fsp3) is 0.385. The molecule has 19 heavy (non-hydrogen) atoms. The summed E-state index contributed by atoms with van der Waals surface area (Å²) in [6.07, 6.45) is 0. The van der Waals surface area contributed by atoms with Gasteiger partial charge in [-0.25, -0.2) is 0 Å². The molecule has 0 bridgehead atoms. The zero-order valence-corrected chi connectivity index (χ0v) is 12.2. The number of hydrogen-bond donors (Lipinski definition) is 1. The van der Waals surface area contributed by atoms with E-state index in [0.29, 0.717) is 0 Å². The lowest BCUT2D eigenvalue weighted by atomic mass is 10.2. The smallest absolute Gasteiger partial charge is 0.135 e. The van der Waals surface area contributed by atoms with Gasteiger partial charge in [0.2, 0.25) is 0 Å². The molecule has 1 N–H and O–H groups in total. The van der Waals surface area contributed by atoms with Crippen LogP contribution in [-0.2, 0) is 6.54 Å². The maximum absolute atomic E-state index is 5.16.